The third-order valence-electron chi connectivity index (χ3n) is 2.01. The Hall–Kier alpha value is -0.240. The SMILES string of the molecule is NCC1OC(O)[C@@H](O)[C@H](N)C1O. The van der Waals surface area contributed by atoms with Crippen molar-refractivity contribution in [3.05, 3.63) is 0 Å². The zero-order chi connectivity index (χ0) is 9.30. The molecular formula is C6H14N2O4. The fourth-order valence-corrected chi connectivity index (χ4v) is 1.18. The van der Waals surface area contributed by atoms with Gasteiger partial charge in [0, 0.05) is 6.54 Å². The minimum Gasteiger partial charge on any atom is -0.389 e. The van der Waals surface area contributed by atoms with E-state index in [1.54, 1.807) is 0 Å². The molecule has 1 heterocycles. The molecule has 0 saturated carbocycles. The first-order valence-electron chi connectivity index (χ1n) is 3.73. The minimum atomic E-state index is -1.36. The van der Waals surface area contributed by atoms with Crippen molar-refractivity contribution in [2.24, 2.45) is 11.5 Å². The van der Waals surface area contributed by atoms with Crippen LogP contribution < -0.4 is 11.5 Å². The fraction of sp³-hybridized carbons (Fsp3) is 1.00. The van der Waals surface area contributed by atoms with Gasteiger partial charge in [-0.05, 0) is 0 Å². The van der Waals surface area contributed by atoms with Crippen LogP contribution in [0.15, 0.2) is 0 Å². The standard InChI is InChI=1S/C6H14N2O4/c7-1-2-4(9)3(8)5(10)6(11)12-2/h2-6,9-11H,1,7-8H2/t2?,3-,4?,5+,6?/m1/s1. The van der Waals surface area contributed by atoms with Crippen LogP contribution in [0.1, 0.15) is 0 Å². The van der Waals surface area contributed by atoms with Crippen LogP contribution in [-0.4, -0.2) is 52.5 Å². The smallest absolute Gasteiger partial charge is 0.182 e. The number of hydrogen-bond acceptors (Lipinski definition) is 6. The second-order valence-corrected chi connectivity index (χ2v) is 2.86. The Morgan fingerprint density at radius 3 is 2.25 bits per heavy atom. The van der Waals surface area contributed by atoms with E-state index in [1.165, 1.54) is 0 Å². The summed E-state index contributed by atoms with van der Waals surface area (Å²) in [6.45, 7) is 0.0542. The molecule has 1 fully saturated rings. The maximum absolute atomic E-state index is 9.32. The number of nitrogens with two attached hydrogens (primary N) is 2. The zero-order valence-electron chi connectivity index (χ0n) is 6.50. The average molecular weight is 178 g/mol. The Balaban J connectivity index is 2.63. The molecule has 0 amide bonds. The summed E-state index contributed by atoms with van der Waals surface area (Å²) in [6, 6.07) is -0.915. The van der Waals surface area contributed by atoms with E-state index < -0.39 is 30.6 Å². The van der Waals surface area contributed by atoms with Crippen molar-refractivity contribution in [3.63, 3.8) is 0 Å². The van der Waals surface area contributed by atoms with Crippen LogP contribution in [-0.2, 0) is 4.74 Å². The quantitative estimate of drug-likeness (QED) is 0.287. The molecule has 6 nitrogen and oxygen atoms in total. The number of hydrogen-bond donors (Lipinski definition) is 5. The molecule has 12 heavy (non-hydrogen) atoms. The van der Waals surface area contributed by atoms with Crippen molar-refractivity contribution < 1.29 is 20.1 Å². The lowest BCUT2D eigenvalue weighted by Gasteiger charge is -2.38. The van der Waals surface area contributed by atoms with E-state index in [2.05, 4.69) is 0 Å². The summed E-state index contributed by atoms with van der Waals surface area (Å²) in [5.74, 6) is 0. The van der Waals surface area contributed by atoms with Gasteiger partial charge < -0.3 is 31.5 Å². The Kier molecular flexibility index (Phi) is 2.99. The number of aliphatic hydroxyl groups excluding tert-OH is 3. The van der Waals surface area contributed by atoms with E-state index in [9.17, 15) is 5.11 Å². The third kappa shape index (κ3) is 1.58. The highest BCUT2D eigenvalue weighted by molar-refractivity contribution is 4.91. The first-order valence-corrected chi connectivity index (χ1v) is 3.73. The van der Waals surface area contributed by atoms with E-state index in [1.807, 2.05) is 0 Å². The van der Waals surface area contributed by atoms with Gasteiger partial charge in [0.05, 0.1) is 12.1 Å². The molecule has 7 N–H and O–H groups in total. The summed E-state index contributed by atoms with van der Waals surface area (Å²) < 4.78 is 4.78. The highest BCUT2D eigenvalue weighted by Gasteiger charge is 2.40. The number of ether oxygens (including phenoxy) is 1. The number of rotatable bonds is 1. The van der Waals surface area contributed by atoms with Gasteiger partial charge in [-0.3, -0.25) is 0 Å². The molecule has 0 aliphatic carbocycles. The fourth-order valence-electron chi connectivity index (χ4n) is 1.18. The van der Waals surface area contributed by atoms with Gasteiger partial charge in [0.2, 0.25) is 0 Å². The molecule has 0 bridgehead atoms. The second kappa shape index (κ2) is 3.65. The largest absolute Gasteiger partial charge is 0.389 e. The van der Waals surface area contributed by atoms with E-state index in [4.69, 9.17) is 26.4 Å². The molecule has 3 unspecified atom stereocenters. The van der Waals surface area contributed by atoms with E-state index in [-0.39, 0.29) is 6.54 Å². The normalized spacial score (nSPS) is 49.2. The molecule has 0 aromatic rings. The summed E-state index contributed by atoms with van der Waals surface area (Å²) in [5.41, 5.74) is 10.6. The molecule has 5 atom stereocenters. The molecule has 6 heteroatoms. The van der Waals surface area contributed by atoms with Gasteiger partial charge in [-0.25, -0.2) is 0 Å². The predicted octanol–water partition coefficient (Wildman–Crippen LogP) is -3.29. The molecule has 0 radical (unpaired) electrons. The maximum Gasteiger partial charge on any atom is 0.182 e. The summed E-state index contributed by atoms with van der Waals surface area (Å²) in [7, 11) is 0. The van der Waals surface area contributed by atoms with Crippen molar-refractivity contribution >= 4 is 0 Å². The zero-order valence-corrected chi connectivity index (χ0v) is 6.50. The highest BCUT2D eigenvalue weighted by atomic mass is 16.6. The summed E-state index contributed by atoms with van der Waals surface area (Å²) in [4.78, 5) is 0. The van der Waals surface area contributed by atoms with Crippen LogP contribution in [0.5, 0.6) is 0 Å². The molecule has 0 aromatic heterocycles. The minimum absolute atomic E-state index is 0.0542. The highest BCUT2D eigenvalue weighted by Crippen LogP contribution is 2.17. The van der Waals surface area contributed by atoms with E-state index in [0.29, 0.717) is 0 Å². The van der Waals surface area contributed by atoms with Gasteiger partial charge in [-0.15, -0.1) is 0 Å². The second-order valence-electron chi connectivity index (χ2n) is 2.86. The lowest BCUT2D eigenvalue weighted by atomic mass is 9.97. The summed E-state index contributed by atoms with van der Waals surface area (Å²) >= 11 is 0. The molecule has 1 saturated heterocycles. The van der Waals surface area contributed by atoms with Gasteiger partial charge in [-0.2, -0.15) is 0 Å². The molecule has 1 rings (SSSR count). The number of aliphatic hydroxyl groups is 3. The Morgan fingerprint density at radius 2 is 1.75 bits per heavy atom. The van der Waals surface area contributed by atoms with E-state index in [0.717, 1.165) is 0 Å². The van der Waals surface area contributed by atoms with Gasteiger partial charge in [0.15, 0.2) is 6.29 Å². The molecule has 0 aromatic carbocycles. The van der Waals surface area contributed by atoms with Crippen molar-refractivity contribution in [3.8, 4) is 0 Å². The lowest BCUT2D eigenvalue weighted by molar-refractivity contribution is -0.249. The van der Waals surface area contributed by atoms with Gasteiger partial charge >= 0.3 is 0 Å². The predicted molar refractivity (Wildman–Crippen MR) is 39.9 cm³/mol. The monoisotopic (exact) mass is 178 g/mol. The Labute approximate surface area is 69.7 Å². The van der Waals surface area contributed by atoms with Crippen LogP contribution in [0, 0.1) is 0 Å². The van der Waals surface area contributed by atoms with Crippen molar-refractivity contribution in [1.29, 1.82) is 0 Å². The first-order chi connectivity index (χ1) is 5.57. The molecule has 72 valence electrons. The van der Waals surface area contributed by atoms with Crippen LogP contribution in [0.25, 0.3) is 0 Å². The average Bonchev–Trinajstić information content (AvgIpc) is 2.08. The molecule has 1 aliphatic heterocycles. The van der Waals surface area contributed by atoms with Gasteiger partial charge in [-0.1, -0.05) is 0 Å². The lowest BCUT2D eigenvalue weighted by Crippen LogP contribution is -2.62. The molecule has 0 spiro atoms. The van der Waals surface area contributed by atoms with Crippen LogP contribution in [0.4, 0.5) is 0 Å². The van der Waals surface area contributed by atoms with Crippen molar-refractivity contribution in [2.75, 3.05) is 6.54 Å². The van der Waals surface area contributed by atoms with Crippen LogP contribution in [0.3, 0.4) is 0 Å². The van der Waals surface area contributed by atoms with Gasteiger partial charge in [0.25, 0.3) is 0 Å². The first kappa shape index (κ1) is 9.85. The van der Waals surface area contributed by atoms with Gasteiger partial charge in [0.1, 0.15) is 12.2 Å². The van der Waals surface area contributed by atoms with E-state index >= 15 is 0 Å². The Morgan fingerprint density at radius 1 is 1.17 bits per heavy atom. The van der Waals surface area contributed by atoms with Crippen LogP contribution in [0.2, 0.25) is 0 Å². The van der Waals surface area contributed by atoms with Crippen molar-refractivity contribution in [1.82, 2.24) is 0 Å². The van der Waals surface area contributed by atoms with Crippen LogP contribution >= 0.6 is 0 Å². The maximum atomic E-state index is 9.32. The third-order valence-corrected chi connectivity index (χ3v) is 2.01. The molecular weight excluding hydrogens is 164 g/mol. The Bertz CT molecular complexity index is 152. The summed E-state index contributed by atoms with van der Waals surface area (Å²) in [5, 5.41) is 27.5. The summed E-state index contributed by atoms with van der Waals surface area (Å²) in [6.07, 6.45) is -4.37. The van der Waals surface area contributed by atoms with Crippen molar-refractivity contribution in [2.45, 2.75) is 30.6 Å². The molecule has 1 aliphatic rings. The topological polar surface area (TPSA) is 122 Å².